The highest BCUT2D eigenvalue weighted by Crippen LogP contribution is 2.53. The number of Topliss-reactive ketones (excluding diaryl/α,β-unsaturated/α-hetero) is 2. The molecule has 3 rings (SSSR count). The summed E-state index contributed by atoms with van der Waals surface area (Å²) in [6, 6.07) is 6.37. The van der Waals surface area contributed by atoms with E-state index in [2.05, 4.69) is 4.99 Å². The Balaban J connectivity index is 2.33. The molecule has 5 heteroatoms. The van der Waals surface area contributed by atoms with E-state index >= 15 is 0 Å². The first-order chi connectivity index (χ1) is 8.84. The van der Waals surface area contributed by atoms with Crippen LogP contribution in [0.1, 0.15) is 29.8 Å². The van der Waals surface area contributed by atoms with Crippen molar-refractivity contribution in [3.8, 4) is 0 Å². The van der Waals surface area contributed by atoms with Crippen molar-refractivity contribution in [2.24, 2.45) is 10.9 Å². The molecule has 3 atom stereocenters. The molecule has 1 aliphatic heterocycles. The average Bonchev–Trinajstić information content (AvgIpc) is 2.65. The average molecular weight is 259 g/mol. The van der Waals surface area contributed by atoms with Crippen LogP contribution in [0.3, 0.4) is 0 Å². The van der Waals surface area contributed by atoms with Gasteiger partial charge in [0, 0.05) is 16.8 Å². The fourth-order valence-electron chi connectivity index (χ4n) is 3.24. The zero-order valence-electron chi connectivity index (χ0n) is 10.5. The van der Waals surface area contributed by atoms with Crippen LogP contribution >= 0.6 is 0 Å². The molecule has 1 heterocycles. The van der Waals surface area contributed by atoms with Gasteiger partial charge in [0.25, 0.3) is 0 Å². The van der Waals surface area contributed by atoms with Gasteiger partial charge in [-0.25, -0.2) is 0 Å². The van der Waals surface area contributed by atoms with Crippen LogP contribution in [0.25, 0.3) is 0 Å². The van der Waals surface area contributed by atoms with E-state index < -0.39 is 23.0 Å². The normalized spacial score (nSPS) is 35.9. The third-order valence-corrected chi connectivity index (χ3v) is 4.01. The third-order valence-electron chi connectivity index (χ3n) is 4.01. The predicted octanol–water partition coefficient (Wildman–Crippen LogP) is 0.439. The van der Waals surface area contributed by atoms with E-state index in [1.165, 1.54) is 19.9 Å². The first kappa shape index (κ1) is 12.2. The van der Waals surface area contributed by atoms with Crippen molar-refractivity contribution in [3.05, 3.63) is 35.4 Å². The first-order valence-corrected chi connectivity index (χ1v) is 6.00. The monoisotopic (exact) mass is 259 g/mol. The maximum atomic E-state index is 12.4. The highest BCUT2D eigenvalue weighted by molar-refractivity contribution is 6.19. The van der Waals surface area contributed by atoms with Crippen LogP contribution < -0.4 is 0 Å². The Morgan fingerprint density at radius 1 is 1.32 bits per heavy atom. The summed E-state index contributed by atoms with van der Waals surface area (Å²) < 4.78 is 0. The van der Waals surface area contributed by atoms with Gasteiger partial charge in [-0.1, -0.05) is 24.3 Å². The Bertz CT molecular complexity index is 651. The first-order valence-electron chi connectivity index (χ1n) is 6.00. The van der Waals surface area contributed by atoms with Gasteiger partial charge in [-0.3, -0.25) is 14.6 Å². The molecular weight excluding hydrogens is 246 g/mol. The molecule has 0 spiro atoms. The molecule has 0 aromatic heterocycles. The predicted molar refractivity (Wildman–Crippen MR) is 66.9 cm³/mol. The molecule has 0 fully saturated rings. The van der Waals surface area contributed by atoms with E-state index in [0.29, 0.717) is 0 Å². The maximum absolute atomic E-state index is 12.4. The van der Waals surface area contributed by atoms with Gasteiger partial charge in [0.2, 0.25) is 11.5 Å². The van der Waals surface area contributed by atoms with Crippen molar-refractivity contribution in [1.29, 1.82) is 0 Å². The Morgan fingerprint density at radius 2 is 1.95 bits per heavy atom. The number of aliphatic hydroxyl groups is 2. The molecule has 1 aromatic carbocycles. The maximum Gasteiger partial charge on any atom is 0.220 e. The van der Waals surface area contributed by atoms with Crippen molar-refractivity contribution in [3.63, 3.8) is 0 Å². The molecule has 0 radical (unpaired) electrons. The molecule has 1 unspecified atom stereocenters. The molecule has 2 N–H and O–H groups in total. The summed E-state index contributed by atoms with van der Waals surface area (Å²) in [4.78, 5) is 28.2. The van der Waals surface area contributed by atoms with Crippen molar-refractivity contribution < 1.29 is 19.8 Å². The second-order valence-electron chi connectivity index (χ2n) is 5.11. The van der Waals surface area contributed by atoms with Crippen LogP contribution in [-0.4, -0.2) is 33.1 Å². The Morgan fingerprint density at radius 3 is 2.58 bits per heavy atom. The van der Waals surface area contributed by atoms with E-state index in [4.69, 9.17) is 0 Å². The zero-order valence-corrected chi connectivity index (χ0v) is 10.5. The molecule has 2 aliphatic rings. The molecule has 19 heavy (non-hydrogen) atoms. The van der Waals surface area contributed by atoms with E-state index in [1.807, 2.05) is 0 Å². The minimum Gasteiger partial charge on any atom is -0.376 e. The van der Waals surface area contributed by atoms with Gasteiger partial charge in [-0.15, -0.1) is 0 Å². The highest BCUT2D eigenvalue weighted by Gasteiger charge is 2.71. The summed E-state index contributed by atoms with van der Waals surface area (Å²) in [5.41, 5.74) is -3.52. The quantitative estimate of drug-likeness (QED) is 0.766. The molecule has 1 aliphatic carbocycles. The van der Waals surface area contributed by atoms with E-state index in [0.717, 1.165) is 0 Å². The molecule has 5 nitrogen and oxygen atoms in total. The van der Waals surface area contributed by atoms with Gasteiger partial charge in [-0.2, -0.15) is 0 Å². The topological polar surface area (TPSA) is 87.0 Å². The van der Waals surface area contributed by atoms with Crippen LogP contribution in [0.15, 0.2) is 29.3 Å². The number of nitrogens with zero attached hydrogens (tertiary/aromatic N) is 1. The number of ketones is 2. The van der Waals surface area contributed by atoms with Crippen LogP contribution in [0.2, 0.25) is 0 Å². The molecule has 0 saturated carbocycles. The second-order valence-corrected chi connectivity index (χ2v) is 5.11. The Kier molecular flexibility index (Phi) is 2.17. The summed E-state index contributed by atoms with van der Waals surface area (Å²) in [5.74, 6) is -2.13. The smallest absolute Gasteiger partial charge is 0.220 e. The molecule has 98 valence electrons. The van der Waals surface area contributed by atoms with Crippen LogP contribution in [0.5, 0.6) is 0 Å². The lowest BCUT2D eigenvalue weighted by Crippen LogP contribution is -2.55. The SMILES string of the molecule is CC(=O)C1C(C)=N[C@@]2(O)c3ccccc3C(=O)[C@@]12O. The number of benzene rings is 1. The molecular formula is C14H13NO4. The summed E-state index contributed by atoms with van der Waals surface area (Å²) >= 11 is 0. The number of aliphatic imine (C=N–C) groups is 1. The lowest BCUT2D eigenvalue weighted by atomic mass is 9.78. The lowest BCUT2D eigenvalue weighted by Gasteiger charge is -2.31. The second kappa shape index (κ2) is 3.37. The van der Waals surface area contributed by atoms with Gasteiger partial charge >= 0.3 is 0 Å². The fourth-order valence-corrected chi connectivity index (χ4v) is 3.24. The summed E-state index contributed by atoms with van der Waals surface area (Å²) in [6.45, 7) is 2.82. The van der Waals surface area contributed by atoms with E-state index in [-0.39, 0.29) is 22.6 Å². The number of rotatable bonds is 1. The third kappa shape index (κ3) is 1.14. The fraction of sp³-hybridized carbons (Fsp3) is 0.357. The van der Waals surface area contributed by atoms with Crippen molar-refractivity contribution in [2.75, 3.05) is 0 Å². The molecule has 0 saturated heterocycles. The molecule has 0 amide bonds. The van der Waals surface area contributed by atoms with Crippen molar-refractivity contribution in [2.45, 2.75) is 25.2 Å². The standard InChI is InChI=1S/C14H13NO4/c1-7-11(8(2)16)13(18)12(17)9-5-3-4-6-10(9)14(13,19)15-7/h3-6,11,18-19H,1-2H3/t11?,13-,14+/m0/s1. The summed E-state index contributed by atoms with van der Waals surface area (Å²) in [7, 11) is 0. The van der Waals surface area contributed by atoms with Gasteiger partial charge in [0.1, 0.15) is 5.78 Å². The highest BCUT2D eigenvalue weighted by atomic mass is 16.4. The molecule has 1 aromatic rings. The van der Waals surface area contributed by atoms with Gasteiger partial charge < -0.3 is 10.2 Å². The summed E-state index contributed by atoms with van der Waals surface area (Å²) in [6.07, 6.45) is 0. The lowest BCUT2D eigenvalue weighted by molar-refractivity contribution is -0.142. The largest absolute Gasteiger partial charge is 0.376 e. The Hall–Kier alpha value is -1.85. The Labute approximate surface area is 109 Å². The minimum atomic E-state index is -2.22. The summed E-state index contributed by atoms with van der Waals surface area (Å²) in [5, 5.41) is 21.4. The van der Waals surface area contributed by atoms with E-state index in [9.17, 15) is 19.8 Å². The number of fused-ring (bicyclic) bond motifs is 3. The van der Waals surface area contributed by atoms with Crippen LogP contribution in [0, 0.1) is 5.92 Å². The van der Waals surface area contributed by atoms with Crippen LogP contribution in [-0.2, 0) is 10.5 Å². The molecule has 0 bridgehead atoms. The van der Waals surface area contributed by atoms with Gasteiger partial charge in [0.05, 0.1) is 5.92 Å². The van der Waals surface area contributed by atoms with Gasteiger partial charge in [-0.05, 0) is 13.8 Å². The number of carbonyl (C=O) groups is 2. The van der Waals surface area contributed by atoms with Crippen LogP contribution in [0.4, 0.5) is 0 Å². The number of hydrogen-bond donors (Lipinski definition) is 2. The van der Waals surface area contributed by atoms with E-state index in [1.54, 1.807) is 18.2 Å². The van der Waals surface area contributed by atoms with Crippen molar-refractivity contribution >= 4 is 17.3 Å². The van der Waals surface area contributed by atoms with Crippen molar-refractivity contribution in [1.82, 2.24) is 0 Å². The zero-order chi connectivity index (χ0) is 14.0. The number of carbonyl (C=O) groups excluding carboxylic acids is 2. The number of hydrogen-bond acceptors (Lipinski definition) is 5. The minimum absolute atomic E-state index is 0.218. The van der Waals surface area contributed by atoms with Gasteiger partial charge in [0.15, 0.2) is 5.60 Å².